The molecule has 0 aliphatic carbocycles. The number of aliphatic hydroxyl groups excluding tert-OH is 1. The zero-order chi connectivity index (χ0) is 40.5. The number of hydrogen-bond donors (Lipinski definition) is 1. The Labute approximate surface area is 384 Å². The Hall–Kier alpha value is -2.94. The van der Waals surface area contributed by atoms with Crippen molar-refractivity contribution in [2.24, 2.45) is 0 Å². The van der Waals surface area contributed by atoms with Gasteiger partial charge in [0.15, 0.2) is 0 Å². The van der Waals surface area contributed by atoms with Gasteiger partial charge in [-0.2, -0.15) is 0 Å². The molecule has 7 nitrogen and oxygen atoms in total. The van der Waals surface area contributed by atoms with Crippen LogP contribution in [0.1, 0.15) is 102 Å². The van der Waals surface area contributed by atoms with Gasteiger partial charge in [-0.1, -0.05) is 53.5 Å². The molecule has 0 spiro atoms. The van der Waals surface area contributed by atoms with Crippen molar-refractivity contribution >= 4 is 0 Å². The third-order valence-corrected chi connectivity index (χ3v) is 9.29. The van der Waals surface area contributed by atoms with Gasteiger partial charge in [0.25, 0.3) is 0 Å². The van der Waals surface area contributed by atoms with Crippen molar-refractivity contribution in [2.45, 2.75) is 120 Å². The number of methoxy groups -OCH3 is 6. The number of aryl methyl sites for hydroxylation is 7. The van der Waals surface area contributed by atoms with Gasteiger partial charge in [-0.3, -0.25) is 0 Å². The van der Waals surface area contributed by atoms with Crippen LogP contribution < -0.4 is 18.9 Å². The first-order chi connectivity index (χ1) is 24.5. The van der Waals surface area contributed by atoms with Crippen LogP contribution in [0.15, 0.2) is 30.3 Å². The molecule has 1 radical (unpaired) electrons. The summed E-state index contributed by atoms with van der Waals surface area (Å²) in [4.78, 5) is 0. The second kappa shape index (κ2) is 34.9. The first kappa shape index (κ1) is 69.7. The molecule has 1 N–H and O–H groups in total. The van der Waals surface area contributed by atoms with Gasteiger partial charge in [0.2, 0.25) is 0 Å². The van der Waals surface area contributed by atoms with Crippen LogP contribution in [-0.2, 0) is 42.2 Å². The first-order valence-electron chi connectivity index (χ1n) is 17.4. The van der Waals surface area contributed by atoms with E-state index in [1.54, 1.807) is 42.7 Å². The third kappa shape index (κ3) is 19.0. The summed E-state index contributed by atoms with van der Waals surface area (Å²) in [5.74, 6) is 4.01. The number of aliphatic hydroxyl groups is 1. The number of hydrogen-bond acceptors (Lipinski definition) is 7. The van der Waals surface area contributed by atoms with E-state index < -0.39 is 0 Å². The molecule has 0 aliphatic heterocycles. The molecule has 0 unspecified atom stereocenters. The van der Waals surface area contributed by atoms with Crippen LogP contribution in [0, 0.1) is 97.4 Å². The molecule has 58 heavy (non-hydrogen) atoms. The van der Waals surface area contributed by atoms with Crippen molar-refractivity contribution in [2.75, 3.05) is 56.6 Å². The minimum Gasteiger partial charge on any atom is -0.496 e. The molecule has 333 valence electrons. The maximum Gasteiger partial charge on any atom is 0.145 e. The maximum atomic E-state index is 7.00. The van der Waals surface area contributed by atoms with Gasteiger partial charge >= 0.3 is 0 Å². The second-order valence-corrected chi connectivity index (χ2v) is 13.0. The zero-order valence-electron chi connectivity index (χ0n) is 37.6. The van der Waals surface area contributed by atoms with E-state index in [0.29, 0.717) is 6.79 Å². The normalized spacial score (nSPS) is 8.84. The minimum atomic E-state index is 0. The molecule has 4 aromatic carbocycles. The van der Waals surface area contributed by atoms with E-state index >= 15 is 0 Å². The number of benzene rings is 4. The van der Waals surface area contributed by atoms with Crippen LogP contribution in [0.3, 0.4) is 0 Å². The number of rotatable bonds is 7. The third-order valence-electron chi connectivity index (χ3n) is 9.29. The summed E-state index contributed by atoms with van der Waals surface area (Å²) in [7, 11) is 11.1. The predicted molar refractivity (Wildman–Crippen MR) is 253 cm³/mol. The standard InChI is InChI=1S/C20H26O2.C11H16O.C10H14O.C3H8O2.CH4O.4CH4.CH3.Y/c1-11-9-17(13(3)15(5)19(11)21-7)18-10-12(2)20(22-8)16(6)14(18)4;1-7-6-8(2)11(12-5)10(4)9(7)3;1-7-5-8(2)10(11-4)9(3)6-7;1-4-3-5-2;1-2;;;;;;/h9-10H,1-8H3;6H,1-5H3;5-6H,1-4H3;3H2,1-2H3;2H,1H3;4*1H4;1H3;/q;;;;;;;;;-1;. The van der Waals surface area contributed by atoms with E-state index in [2.05, 4.69) is 130 Å². The molecule has 0 bridgehead atoms. The number of ether oxygens (including phenoxy) is 6. The fraction of sp³-hybridized carbons (Fsp3) is 0.500. The summed E-state index contributed by atoms with van der Waals surface area (Å²) in [6.45, 7) is 27.9. The summed E-state index contributed by atoms with van der Waals surface area (Å²) >= 11 is 0. The Bertz CT molecular complexity index is 1640. The molecule has 0 saturated heterocycles. The topological polar surface area (TPSA) is 75.6 Å². The molecule has 4 rings (SSSR count). The molecule has 0 saturated carbocycles. The summed E-state index contributed by atoms with van der Waals surface area (Å²) in [6, 6.07) is 10.9. The van der Waals surface area contributed by atoms with Gasteiger partial charge in [0.1, 0.15) is 29.8 Å². The van der Waals surface area contributed by atoms with Crippen molar-refractivity contribution in [3.05, 3.63) is 110 Å². The minimum absolute atomic E-state index is 0. The molecule has 0 fully saturated rings. The van der Waals surface area contributed by atoms with Crippen molar-refractivity contribution in [3.8, 4) is 34.1 Å². The van der Waals surface area contributed by atoms with E-state index in [1.165, 1.54) is 83.5 Å². The first-order valence-corrected chi connectivity index (χ1v) is 17.4. The smallest absolute Gasteiger partial charge is 0.145 e. The summed E-state index contributed by atoms with van der Waals surface area (Å²) in [6.07, 6.45) is 0. The fourth-order valence-electron chi connectivity index (χ4n) is 6.49. The molecular weight excluding hydrogens is 801 g/mol. The van der Waals surface area contributed by atoms with E-state index in [1.807, 2.05) is 0 Å². The largest absolute Gasteiger partial charge is 0.496 e. The Kier molecular flexibility index (Phi) is 41.9. The molecular formula is C50H87O7Y-. The summed E-state index contributed by atoms with van der Waals surface area (Å²) < 4.78 is 30.6. The Morgan fingerprint density at radius 2 is 0.621 bits per heavy atom. The van der Waals surface area contributed by atoms with Gasteiger partial charge in [0, 0.05) is 54.0 Å². The maximum absolute atomic E-state index is 7.00. The van der Waals surface area contributed by atoms with Crippen molar-refractivity contribution in [1.82, 2.24) is 0 Å². The Balaban J connectivity index is -0.000000125. The van der Waals surface area contributed by atoms with Crippen LogP contribution in [0.2, 0.25) is 0 Å². The Morgan fingerprint density at radius 1 is 0.362 bits per heavy atom. The van der Waals surface area contributed by atoms with Crippen molar-refractivity contribution in [3.63, 3.8) is 0 Å². The van der Waals surface area contributed by atoms with E-state index in [-0.39, 0.29) is 69.8 Å². The zero-order valence-corrected chi connectivity index (χ0v) is 40.4. The quantitative estimate of drug-likeness (QED) is 0.146. The molecule has 0 atom stereocenters. The fourth-order valence-corrected chi connectivity index (χ4v) is 6.49. The van der Waals surface area contributed by atoms with Gasteiger partial charge in [-0.15, -0.1) is 0 Å². The molecule has 0 aliphatic rings. The second-order valence-electron chi connectivity index (χ2n) is 13.0. The van der Waals surface area contributed by atoms with Gasteiger partial charge < -0.3 is 41.0 Å². The van der Waals surface area contributed by atoms with Crippen molar-refractivity contribution in [1.29, 1.82) is 0 Å². The van der Waals surface area contributed by atoms with Gasteiger partial charge in [0.05, 0.1) is 28.4 Å². The van der Waals surface area contributed by atoms with E-state index in [9.17, 15) is 0 Å². The van der Waals surface area contributed by atoms with Gasteiger partial charge in [-0.05, 0) is 180 Å². The summed E-state index contributed by atoms with van der Waals surface area (Å²) in [5.41, 5.74) is 18.7. The van der Waals surface area contributed by atoms with Crippen molar-refractivity contribution < 1.29 is 66.2 Å². The molecule has 0 heterocycles. The van der Waals surface area contributed by atoms with Crippen LogP contribution in [0.25, 0.3) is 11.1 Å². The molecule has 0 aromatic heterocycles. The predicted octanol–water partition coefficient (Wildman–Crippen LogP) is 13.6. The molecule has 8 heteroatoms. The molecule has 4 aromatic rings. The van der Waals surface area contributed by atoms with Crippen LogP contribution in [-0.4, -0.2) is 61.7 Å². The van der Waals surface area contributed by atoms with E-state index in [4.69, 9.17) is 24.1 Å². The van der Waals surface area contributed by atoms with Crippen LogP contribution in [0.5, 0.6) is 23.0 Å². The van der Waals surface area contributed by atoms with Crippen LogP contribution in [0.4, 0.5) is 0 Å². The van der Waals surface area contributed by atoms with E-state index in [0.717, 1.165) is 30.1 Å². The Morgan fingerprint density at radius 3 is 0.879 bits per heavy atom. The average Bonchev–Trinajstić information content (AvgIpc) is 3.10. The summed E-state index contributed by atoms with van der Waals surface area (Å²) in [5, 5.41) is 7.00. The molecule has 0 amide bonds. The van der Waals surface area contributed by atoms with Gasteiger partial charge in [-0.25, -0.2) is 0 Å². The monoisotopic (exact) mass is 889 g/mol. The average molecular weight is 889 g/mol. The SMILES string of the molecule is C.C.C.C.CO.COCOC.COc1c(C)cc(-c2cc(C)c(OC)c(C)c2C)c(C)c1C.COc1c(C)cc(C)c(C)c1C.COc1c(C)cc(C)cc1C.[CH3-].[Y]. The van der Waals surface area contributed by atoms with Crippen LogP contribution >= 0.6 is 0 Å².